The highest BCUT2D eigenvalue weighted by atomic mass is 14.1. The molecule has 0 aromatic carbocycles. The van der Waals surface area contributed by atoms with Gasteiger partial charge in [-0.2, -0.15) is 0 Å². The zero-order valence-electron chi connectivity index (χ0n) is 7.64. The molecule has 0 spiro atoms. The largest absolute Gasteiger partial charge is 0.107 e. The van der Waals surface area contributed by atoms with E-state index in [0.29, 0.717) is 5.92 Å². The van der Waals surface area contributed by atoms with E-state index < -0.39 is 0 Å². The minimum atomic E-state index is -0.191. The van der Waals surface area contributed by atoms with Crippen LogP contribution < -0.4 is 0 Å². The normalized spacial score (nSPS) is 13.4. The topological polar surface area (TPSA) is 0 Å². The maximum absolute atomic E-state index is 5.59. The highest BCUT2D eigenvalue weighted by Gasteiger charge is 2.10. The van der Waals surface area contributed by atoms with Crippen LogP contribution in [0.4, 0.5) is 0 Å². The van der Waals surface area contributed by atoms with Crippen molar-refractivity contribution < 1.29 is 0 Å². The van der Waals surface area contributed by atoms with Crippen molar-refractivity contribution in [2.24, 2.45) is 5.92 Å². The molecule has 0 N–H and O–H groups in total. The molecule has 0 amide bonds. The zero-order chi connectivity index (χ0) is 8.85. The van der Waals surface area contributed by atoms with Gasteiger partial charge in [0.25, 0.3) is 0 Å². The Morgan fingerprint density at radius 3 is 2.18 bits per heavy atom. The monoisotopic (exact) mass is 146 g/mol. The fourth-order valence-corrected chi connectivity index (χ4v) is 1.07. The Labute approximate surface area is 73.3 Å². The van der Waals surface area contributed by atoms with E-state index in [0.717, 1.165) is 19.3 Å². The van der Waals surface area contributed by atoms with Crippen molar-refractivity contribution in [1.82, 2.24) is 0 Å². The first-order valence-electron chi connectivity index (χ1n) is 4.29. The second kappa shape index (κ2) is 5.51. The highest BCUT2D eigenvalue weighted by Crippen LogP contribution is 2.23. The summed E-state index contributed by atoms with van der Waals surface area (Å²) in [6, 6.07) is 0. The average molecular weight is 146 g/mol. The fraction of sp³-hybridized carbons (Fsp3) is 0.778. The van der Waals surface area contributed by atoms with Crippen molar-refractivity contribution in [2.45, 2.75) is 38.8 Å². The molecule has 0 aliphatic heterocycles. The number of rotatable bonds is 5. The smallest absolute Gasteiger partial charge is 0.0579 e. The lowest BCUT2D eigenvalue weighted by molar-refractivity contribution is 0.529. The van der Waals surface area contributed by atoms with E-state index in [2.05, 4.69) is 20.4 Å². The van der Waals surface area contributed by atoms with Gasteiger partial charge in [0.2, 0.25) is 0 Å². The minimum Gasteiger partial charge on any atom is -0.107 e. The van der Waals surface area contributed by atoms with E-state index in [1.165, 1.54) is 5.57 Å². The zero-order valence-corrected chi connectivity index (χ0v) is 7.64. The van der Waals surface area contributed by atoms with E-state index in [-0.39, 0.29) is 5.72 Å². The summed E-state index contributed by atoms with van der Waals surface area (Å²) >= 11 is 0. The number of hydrogen-bond acceptors (Lipinski definition) is 0. The molecule has 0 aliphatic carbocycles. The molecule has 0 aromatic heterocycles. The third kappa shape index (κ3) is 4.34. The van der Waals surface area contributed by atoms with Crippen LogP contribution in [0.5, 0.6) is 0 Å². The van der Waals surface area contributed by atoms with Gasteiger partial charge in [0, 0.05) is 0 Å². The van der Waals surface area contributed by atoms with Crippen molar-refractivity contribution in [3.05, 3.63) is 12.2 Å². The van der Waals surface area contributed by atoms with Crippen LogP contribution in [0.1, 0.15) is 33.1 Å². The van der Waals surface area contributed by atoms with Crippen molar-refractivity contribution in [3.8, 4) is 0 Å². The first kappa shape index (κ1) is 10.9. The lowest BCUT2D eigenvalue weighted by Crippen LogP contribution is -2.09. The summed E-state index contributed by atoms with van der Waals surface area (Å²) in [5.74, 6) is 0.405. The van der Waals surface area contributed by atoms with Gasteiger partial charge in [0.1, 0.15) is 0 Å². The van der Waals surface area contributed by atoms with Crippen LogP contribution in [0, 0.1) is 5.92 Å². The maximum Gasteiger partial charge on any atom is 0.0579 e. The molecule has 11 heavy (non-hydrogen) atoms. The molecule has 0 saturated heterocycles. The Bertz CT molecular complexity index is 119. The molecule has 0 rings (SSSR count). The second-order valence-corrected chi connectivity index (χ2v) is 3.05. The van der Waals surface area contributed by atoms with Crippen LogP contribution in [0.15, 0.2) is 12.2 Å². The fourth-order valence-electron chi connectivity index (χ4n) is 1.07. The molecule has 0 nitrogen and oxygen atoms in total. The third-order valence-electron chi connectivity index (χ3n) is 2.12. The third-order valence-corrected chi connectivity index (χ3v) is 2.12. The predicted molar refractivity (Wildman–Crippen MR) is 53.1 cm³/mol. The van der Waals surface area contributed by atoms with E-state index in [9.17, 15) is 0 Å². The molecule has 0 fully saturated rings. The molecule has 2 heteroatoms. The summed E-state index contributed by atoms with van der Waals surface area (Å²) < 4.78 is 0. The van der Waals surface area contributed by atoms with E-state index >= 15 is 0 Å². The van der Waals surface area contributed by atoms with Gasteiger partial charge in [0.15, 0.2) is 0 Å². The maximum atomic E-state index is 5.59. The molecule has 0 bridgehead atoms. The van der Waals surface area contributed by atoms with E-state index in [4.69, 9.17) is 15.7 Å². The quantitative estimate of drug-likeness (QED) is 0.412. The van der Waals surface area contributed by atoms with Gasteiger partial charge in [-0.15, -0.1) is 5.72 Å². The molecule has 4 radical (unpaired) electrons. The molecular formula is C9H16B2. The van der Waals surface area contributed by atoms with Crippen LogP contribution in [0.3, 0.4) is 0 Å². The van der Waals surface area contributed by atoms with E-state index in [1.807, 2.05) is 0 Å². The summed E-state index contributed by atoms with van der Waals surface area (Å²) in [6.07, 6.45) is 3.05. The summed E-state index contributed by atoms with van der Waals surface area (Å²) in [7, 11) is 11.2. The van der Waals surface area contributed by atoms with Gasteiger partial charge in [-0.3, -0.25) is 0 Å². The van der Waals surface area contributed by atoms with Gasteiger partial charge in [-0.25, -0.2) is 0 Å². The highest BCUT2D eigenvalue weighted by molar-refractivity contribution is 6.35. The van der Waals surface area contributed by atoms with Gasteiger partial charge in [-0.05, 0) is 12.8 Å². The van der Waals surface area contributed by atoms with Gasteiger partial charge in [0.05, 0.1) is 15.7 Å². The molecule has 1 unspecified atom stereocenters. The first-order chi connectivity index (χ1) is 5.11. The molecule has 0 aromatic rings. The second-order valence-electron chi connectivity index (χ2n) is 3.05. The Morgan fingerprint density at radius 1 is 1.36 bits per heavy atom. The van der Waals surface area contributed by atoms with Gasteiger partial charge in [-0.1, -0.05) is 38.3 Å². The van der Waals surface area contributed by atoms with Crippen molar-refractivity contribution in [1.29, 1.82) is 0 Å². The number of hydrogen-bond donors (Lipinski definition) is 0. The molecule has 58 valence electrons. The Kier molecular flexibility index (Phi) is 5.45. The molecule has 0 saturated carbocycles. The molecule has 0 heterocycles. The van der Waals surface area contributed by atoms with Crippen LogP contribution >= 0.6 is 0 Å². The van der Waals surface area contributed by atoms with Crippen molar-refractivity contribution >= 4 is 15.7 Å². The standard InChI is InChI=1S/C9H16B2/c1-4-7(3)6-8(5-2)9(10)11/h8-9H,3-6H2,1-2H3. The summed E-state index contributed by atoms with van der Waals surface area (Å²) in [4.78, 5) is 0. The SMILES string of the molecule is [B]C([B])C(CC)CC(=C)CC. The summed E-state index contributed by atoms with van der Waals surface area (Å²) in [5, 5.41) is 0. The number of allylic oxidation sites excluding steroid dienone is 1. The van der Waals surface area contributed by atoms with Crippen LogP contribution in [0.2, 0.25) is 5.72 Å². The summed E-state index contributed by atoms with van der Waals surface area (Å²) in [6.45, 7) is 8.15. The Morgan fingerprint density at radius 2 is 1.91 bits per heavy atom. The molecule has 0 aliphatic rings. The Hall–Kier alpha value is -0.130. The van der Waals surface area contributed by atoms with Crippen LogP contribution in [0.25, 0.3) is 0 Å². The lowest BCUT2D eigenvalue weighted by Gasteiger charge is -2.20. The first-order valence-corrected chi connectivity index (χ1v) is 4.29. The minimum absolute atomic E-state index is 0.191. The van der Waals surface area contributed by atoms with Gasteiger partial charge >= 0.3 is 0 Å². The molecule has 1 atom stereocenters. The average Bonchev–Trinajstić information content (AvgIpc) is 1.99. The summed E-state index contributed by atoms with van der Waals surface area (Å²) in [5.41, 5.74) is 1.06. The van der Waals surface area contributed by atoms with Crippen molar-refractivity contribution in [2.75, 3.05) is 0 Å². The van der Waals surface area contributed by atoms with Gasteiger partial charge < -0.3 is 0 Å². The Balaban J connectivity index is 3.78. The lowest BCUT2D eigenvalue weighted by atomic mass is 9.61. The van der Waals surface area contributed by atoms with Crippen molar-refractivity contribution in [3.63, 3.8) is 0 Å². The molecular weight excluding hydrogens is 130 g/mol. The van der Waals surface area contributed by atoms with E-state index in [1.54, 1.807) is 0 Å². The van der Waals surface area contributed by atoms with Crippen LogP contribution in [-0.2, 0) is 0 Å². The van der Waals surface area contributed by atoms with Crippen LogP contribution in [-0.4, -0.2) is 15.7 Å². The predicted octanol–water partition coefficient (Wildman–Crippen LogP) is 2.45.